The third kappa shape index (κ3) is 6.58. The molecule has 0 unspecified atom stereocenters. The predicted molar refractivity (Wildman–Crippen MR) is 126 cm³/mol. The number of sulfone groups is 1. The van der Waals surface area contributed by atoms with Gasteiger partial charge in [0.25, 0.3) is 0 Å². The first-order chi connectivity index (χ1) is 15.3. The number of para-hydroxylation sites is 1. The zero-order chi connectivity index (χ0) is 23.0. The molecule has 0 radical (unpaired) electrons. The first-order valence-electron chi connectivity index (χ1n) is 10.5. The normalized spacial score (nSPS) is 11.8. The summed E-state index contributed by atoms with van der Waals surface area (Å²) in [5.41, 5.74) is 0.339. The molecule has 32 heavy (non-hydrogen) atoms. The van der Waals surface area contributed by atoms with Gasteiger partial charge in [0.05, 0.1) is 15.5 Å². The fourth-order valence-electron chi connectivity index (χ4n) is 3.10. The lowest BCUT2D eigenvalue weighted by molar-refractivity contribution is 0.482. The Hall–Kier alpha value is -2.84. The molecule has 6 nitrogen and oxygen atoms in total. The number of anilines is 1. The second kappa shape index (κ2) is 10.7. The number of benzene rings is 3. The van der Waals surface area contributed by atoms with Crippen molar-refractivity contribution in [2.75, 3.05) is 10.5 Å². The summed E-state index contributed by atoms with van der Waals surface area (Å²) in [6.07, 6.45) is 3.50. The molecule has 3 rings (SSSR count). The summed E-state index contributed by atoms with van der Waals surface area (Å²) in [4.78, 5) is 0.210. The molecule has 1 N–H and O–H groups in total. The van der Waals surface area contributed by atoms with Gasteiger partial charge in [0.15, 0.2) is 0 Å². The number of nitrogens with one attached hydrogen (secondary N) is 1. The quantitative estimate of drug-likeness (QED) is 0.364. The molecule has 0 atom stereocenters. The van der Waals surface area contributed by atoms with Gasteiger partial charge in [-0.25, -0.2) is 16.8 Å². The van der Waals surface area contributed by atoms with Gasteiger partial charge in [-0.15, -0.1) is 0 Å². The summed E-state index contributed by atoms with van der Waals surface area (Å²) in [6.45, 7) is 2.06. The van der Waals surface area contributed by atoms with Gasteiger partial charge in [-0.05, 0) is 67.1 Å². The van der Waals surface area contributed by atoms with Crippen LogP contribution in [0.1, 0.15) is 32.6 Å². The molecule has 0 saturated carbocycles. The zero-order valence-electron chi connectivity index (χ0n) is 17.9. The molecular weight excluding hydrogens is 446 g/mol. The predicted octanol–water partition coefficient (Wildman–Crippen LogP) is 5.63. The highest BCUT2D eigenvalue weighted by Crippen LogP contribution is 2.26. The average Bonchev–Trinajstić information content (AvgIpc) is 2.78. The molecule has 0 aliphatic heterocycles. The number of sulfonamides is 1. The smallest absolute Gasteiger partial charge is 0.232 e. The van der Waals surface area contributed by atoms with Crippen molar-refractivity contribution in [2.45, 2.75) is 42.4 Å². The number of unbranched alkanes of at least 4 members (excludes halogenated alkanes) is 3. The Morgan fingerprint density at radius 3 is 1.84 bits per heavy atom. The van der Waals surface area contributed by atoms with E-state index in [9.17, 15) is 16.8 Å². The minimum absolute atomic E-state index is 0.0461. The fraction of sp³-hybridized carbons (Fsp3) is 0.250. The Morgan fingerprint density at radius 1 is 0.688 bits per heavy atom. The van der Waals surface area contributed by atoms with Crippen molar-refractivity contribution in [1.82, 2.24) is 0 Å². The van der Waals surface area contributed by atoms with Crippen LogP contribution in [0.5, 0.6) is 11.5 Å². The molecule has 0 fully saturated rings. The lowest BCUT2D eigenvalue weighted by atomic mass is 10.2. The maximum atomic E-state index is 12.9. The van der Waals surface area contributed by atoms with E-state index < -0.39 is 19.9 Å². The molecule has 3 aromatic carbocycles. The molecular formula is C24H27NO5S2. The molecule has 0 aliphatic rings. The van der Waals surface area contributed by atoms with E-state index in [0.29, 0.717) is 23.6 Å². The Balaban J connectivity index is 1.67. The van der Waals surface area contributed by atoms with Crippen LogP contribution < -0.4 is 9.46 Å². The van der Waals surface area contributed by atoms with Gasteiger partial charge in [-0.2, -0.15) is 0 Å². The minimum Gasteiger partial charge on any atom is -0.457 e. The zero-order valence-corrected chi connectivity index (χ0v) is 19.5. The highest BCUT2D eigenvalue weighted by molar-refractivity contribution is 7.92. The topological polar surface area (TPSA) is 89.5 Å². The van der Waals surface area contributed by atoms with E-state index in [0.717, 1.165) is 19.3 Å². The summed E-state index contributed by atoms with van der Waals surface area (Å²) < 4.78 is 58.4. The molecule has 0 saturated heterocycles. The summed E-state index contributed by atoms with van der Waals surface area (Å²) in [5, 5.41) is 0. The largest absolute Gasteiger partial charge is 0.457 e. The Bertz CT molecular complexity index is 1210. The van der Waals surface area contributed by atoms with Crippen LogP contribution in [-0.4, -0.2) is 22.6 Å². The van der Waals surface area contributed by atoms with Crippen LogP contribution in [-0.2, 0) is 19.9 Å². The molecule has 8 heteroatoms. The van der Waals surface area contributed by atoms with Crippen molar-refractivity contribution >= 4 is 25.5 Å². The van der Waals surface area contributed by atoms with Crippen LogP contribution in [0.4, 0.5) is 5.69 Å². The summed E-state index contributed by atoms with van der Waals surface area (Å²) >= 11 is 0. The number of hydrogen-bond donors (Lipinski definition) is 1. The fourth-order valence-corrected chi connectivity index (χ4v) is 5.54. The molecule has 3 aromatic rings. The molecule has 0 heterocycles. The average molecular weight is 474 g/mol. The molecule has 170 valence electrons. The molecule has 0 spiro atoms. The summed E-state index contributed by atoms with van der Waals surface area (Å²) in [7, 11) is -7.20. The highest BCUT2D eigenvalue weighted by Gasteiger charge is 2.18. The van der Waals surface area contributed by atoms with E-state index in [1.54, 1.807) is 12.1 Å². The van der Waals surface area contributed by atoms with Gasteiger partial charge in [-0.1, -0.05) is 44.4 Å². The van der Waals surface area contributed by atoms with Crippen LogP contribution in [0, 0.1) is 0 Å². The van der Waals surface area contributed by atoms with E-state index in [-0.39, 0.29) is 15.5 Å². The lowest BCUT2D eigenvalue weighted by Crippen LogP contribution is -2.16. The van der Waals surface area contributed by atoms with Crippen molar-refractivity contribution in [3.63, 3.8) is 0 Å². The first kappa shape index (κ1) is 23.8. The number of hydrogen-bond acceptors (Lipinski definition) is 5. The van der Waals surface area contributed by atoms with Gasteiger partial charge in [0.1, 0.15) is 11.5 Å². The standard InChI is InChI=1S/C24H27NO5S2/c1-2-3-4-8-19-31(26,27)25-20-11-15-23(16-12-20)32(28,29)24-17-13-22(14-18-24)30-21-9-6-5-7-10-21/h5-7,9-18,25H,2-4,8,19H2,1H3. The summed E-state index contributed by atoms with van der Waals surface area (Å²) in [5.74, 6) is 1.23. The van der Waals surface area contributed by atoms with Crippen molar-refractivity contribution < 1.29 is 21.6 Å². The maximum absolute atomic E-state index is 12.9. The van der Waals surface area contributed by atoms with E-state index >= 15 is 0 Å². The van der Waals surface area contributed by atoms with E-state index in [1.807, 2.05) is 30.3 Å². The van der Waals surface area contributed by atoms with Crippen LogP contribution in [0.2, 0.25) is 0 Å². The molecule has 0 bridgehead atoms. The van der Waals surface area contributed by atoms with Crippen LogP contribution >= 0.6 is 0 Å². The van der Waals surface area contributed by atoms with E-state index in [4.69, 9.17) is 4.74 Å². The summed E-state index contributed by atoms with van der Waals surface area (Å²) in [6, 6.07) is 21.1. The molecule has 0 amide bonds. The third-order valence-corrected chi connectivity index (χ3v) is 7.98. The van der Waals surface area contributed by atoms with Gasteiger partial charge in [-0.3, -0.25) is 4.72 Å². The van der Waals surface area contributed by atoms with Gasteiger partial charge < -0.3 is 4.74 Å². The van der Waals surface area contributed by atoms with Crippen molar-refractivity contribution in [3.8, 4) is 11.5 Å². The third-order valence-electron chi connectivity index (χ3n) is 4.82. The van der Waals surface area contributed by atoms with Crippen LogP contribution in [0.15, 0.2) is 88.7 Å². The van der Waals surface area contributed by atoms with Gasteiger partial charge in [0, 0.05) is 5.69 Å². The monoisotopic (exact) mass is 473 g/mol. The lowest BCUT2D eigenvalue weighted by Gasteiger charge is -2.10. The Labute approximate surface area is 190 Å². The first-order valence-corrected chi connectivity index (χ1v) is 13.6. The number of ether oxygens (including phenoxy) is 1. The van der Waals surface area contributed by atoms with Crippen molar-refractivity contribution in [1.29, 1.82) is 0 Å². The van der Waals surface area contributed by atoms with E-state index in [2.05, 4.69) is 11.6 Å². The highest BCUT2D eigenvalue weighted by atomic mass is 32.2. The maximum Gasteiger partial charge on any atom is 0.232 e. The second-order valence-electron chi connectivity index (χ2n) is 7.40. The SMILES string of the molecule is CCCCCCS(=O)(=O)Nc1ccc(S(=O)(=O)c2ccc(Oc3ccccc3)cc2)cc1. The Kier molecular flexibility index (Phi) is 7.93. The van der Waals surface area contributed by atoms with Gasteiger partial charge >= 0.3 is 0 Å². The van der Waals surface area contributed by atoms with Crippen LogP contribution in [0.25, 0.3) is 0 Å². The molecule has 0 aromatic heterocycles. The minimum atomic E-state index is -3.74. The van der Waals surface area contributed by atoms with Crippen LogP contribution in [0.3, 0.4) is 0 Å². The van der Waals surface area contributed by atoms with Gasteiger partial charge in [0.2, 0.25) is 19.9 Å². The molecule has 0 aliphatic carbocycles. The van der Waals surface area contributed by atoms with Crippen molar-refractivity contribution in [2.24, 2.45) is 0 Å². The van der Waals surface area contributed by atoms with E-state index in [1.165, 1.54) is 36.4 Å². The second-order valence-corrected chi connectivity index (χ2v) is 11.2. The Morgan fingerprint density at radius 2 is 1.25 bits per heavy atom. The number of rotatable bonds is 11. The van der Waals surface area contributed by atoms with Crippen molar-refractivity contribution in [3.05, 3.63) is 78.9 Å².